The first-order valence-corrected chi connectivity index (χ1v) is 9.91. The van der Waals surface area contributed by atoms with E-state index in [1.165, 1.54) is 5.56 Å². The second-order valence-electron chi connectivity index (χ2n) is 6.81. The Morgan fingerprint density at radius 2 is 1.72 bits per heavy atom. The highest BCUT2D eigenvalue weighted by Gasteiger charge is 2.20. The van der Waals surface area contributed by atoms with Crippen molar-refractivity contribution in [1.29, 1.82) is 0 Å². The predicted molar refractivity (Wildman–Crippen MR) is 117 cm³/mol. The largest absolute Gasteiger partial charge is 0.481 e. The van der Waals surface area contributed by atoms with Gasteiger partial charge in [-0.3, -0.25) is 4.79 Å². The van der Waals surface area contributed by atoms with Crippen LogP contribution in [0.2, 0.25) is 5.02 Å². The van der Waals surface area contributed by atoms with Crippen LogP contribution in [0.25, 0.3) is 0 Å². The first-order valence-electron chi connectivity index (χ1n) is 9.53. The lowest BCUT2D eigenvalue weighted by atomic mass is 10.1. The summed E-state index contributed by atoms with van der Waals surface area (Å²) in [5.41, 5.74) is 2.79. The fraction of sp³-hybridized carbons (Fsp3) is 0.208. The molecule has 0 aliphatic carbocycles. The number of hydrogen-bond acceptors (Lipinski definition) is 3. The van der Waals surface area contributed by atoms with Crippen LogP contribution in [0.1, 0.15) is 24.5 Å². The van der Waals surface area contributed by atoms with Gasteiger partial charge in [0.1, 0.15) is 11.5 Å². The molecular formula is C24H24ClNO3. The molecule has 0 radical (unpaired) electrons. The van der Waals surface area contributed by atoms with Gasteiger partial charge in [-0.15, -0.1) is 0 Å². The number of carbonyl (C=O) groups excluding carboxylic acids is 1. The van der Waals surface area contributed by atoms with E-state index in [0.29, 0.717) is 34.4 Å². The Labute approximate surface area is 176 Å². The maximum Gasteiger partial charge on any atom is 0.265 e. The summed E-state index contributed by atoms with van der Waals surface area (Å²) in [6, 6.07) is 20.3. The van der Waals surface area contributed by atoms with Gasteiger partial charge in [0.15, 0.2) is 11.9 Å². The van der Waals surface area contributed by atoms with E-state index < -0.39 is 6.10 Å². The fourth-order valence-corrected chi connectivity index (χ4v) is 2.96. The van der Waals surface area contributed by atoms with Crippen LogP contribution in [0.15, 0.2) is 66.7 Å². The highest BCUT2D eigenvalue weighted by molar-refractivity contribution is 6.31. The van der Waals surface area contributed by atoms with Crippen LogP contribution in [-0.2, 0) is 4.79 Å². The number of aryl methyl sites for hydroxylation is 2. The molecule has 0 saturated heterocycles. The number of amides is 1. The quantitative estimate of drug-likeness (QED) is 0.481. The lowest BCUT2D eigenvalue weighted by molar-refractivity contribution is -0.122. The molecule has 0 aliphatic rings. The fourth-order valence-electron chi connectivity index (χ4n) is 2.79. The van der Waals surface area contributed by atoms with Crippen LogP contribution >= 0.6 is 11.6 Å². The summed E-state index contributed by atoms with van der Waals surface area (Å²) in [6.45, 7) is 5.96. The Morgan fingerprint density at radius 3 is 2.41 bits per heavy atom. The zero-order chi connectivity index (χ0) is 20.8. The Kier molecular flexibility index (Phi) is 6.78. The molecular weight excluding hydrogens is 386 g/mol. The number of anilines is 1. The molecule has 0 bridgehead atoms. The topological polar surface area (TPSA) is 47.6 Å². The van der Waals surface area contributed by atoms with Crippen LogP contribution in [-0.4, -0.2) is 12.0 Å². The highest BCUT2D eigenvalue weighted by atomic mass is 35.5. The van der Waals surface area contributed by atoms with Crippen molar-refractivity contribution in [3.8, 4) is 17.2 Å². The van der Waals surface area contributed by atoms with Crippen molar-refractivity contribution in [2.75, 3.05) is 5.32 Å². The second-order valence-corrected chi connectivity index (χ2v) is 7.24. The summed E-state index contributed by atoms with van der Waals surface area (Å²) < 4.78 is 11.8. The number of para-hydroxylation sites is 1. The summed E-state index contributed by atoms with van der Waals surface area (Å²) in [7, 11) is 0. The molecule has 1 N–H and O–H groups in total. The Morgan fingerprint density at radius 1 is 0.966 bits per heavy atom. The van der Waals surface area contributed by atoms with E-state index in [-0.39, 0.29) is 5.91 Å². The van der Waals surface area contributed by atoms with Gasteiger partial charge in [0, 0.05) is 5.02 Å². The average Bonchev–Trinajstić information content (AvgIpc) is 2.71. The molecule has 4 nitrogen and oxygen atoms in total. The number of halogens is 1. The molecule has 29 heavy (non-hydrogen) atoms. The minimum atomic E-state index is -0.638. The van der Waals surface area contributed by atoms with Crippen LogP contribution in [0.3, 0.4) is 0 Å². The normalized spacial score (nSPS) is 11.6. The Hall–Kier alpha value is -2.98. The third kappa shape index (κ3) is 5.52. The van der Waals surface area contributed by atoms with Gasteiger partial charge in [0.25, 0.3) is 5.91 Å². The molecule has 0 heterocycles. The zero-order valence-electron chi connectivity index (χ0n) is 16.7. The summed E-state index contributed by atoms with van der Waals surface area (Å²) >= 11 is 6.14. The Balaban J connectivity index is 1.77. The van der Waals surface area contributed by atoms with Crippen molar-refractivity contribution in [3.05, 3.63) is 82.9 Å². The van der Waals surface area contributed by atoms with Gasteiger partial charge in [0.2, 0.25) is 0 Å². The van der Waals surface area contributed by atoms with Gasteiger partial charge in [0.05, 0.1) is 5.69 Å². The number of hydrogen-bond donors (Lipinski definition) is 1. The smallest absolute Gasteiger partial charge is 0.265 e. The van der Waals surface area contributed by atoms with Gasteiger partial charge in [-0.25, -0.2) is 0 Å². The molecule has 1 unspecified atom stereocenters. The van der Waals surface area contributed by atoms with Crippen molar-refractivity contribution >= 4 is 23.2 Å². The monoisotopic (exact) mass is 409 g/mol. The van der Waals surface area contributed by atoms with Crippen LogP contribution in [0.4, 0.5) is 5.69 Å². The number of nitrogens with one attached hydrogen (secondary N) is 1. The average molecular weight is 410 g/mol. The SMILES string of the molecule is CCC(Oc1ccc(C)c(C)c1)C(=O)Nc1cc(Cl)ccc1Oc1ccccc1. The minimum Gasteiger partial charge on any atom is -0.481 e. The number of ether oxygens (including phenoxy) is 2. The maximum absolute atomic E-state index is 12.9. The van der Waals surface area contributed by atoms with Crippen molar-refractivity contribution in [2.24, 2.45) is 0 Å². The molecule has 0 fully saturated rings. The van der Waals surface area contributed by atoms with E-state index in [9.17, 15) is 4.79 Å². The molecule has 3 aromatic carbocycles. The summed E-state index contributed by atoms with van der Waals surface area (Å²) in [4.78, 5) is 12.9. The Bertz CT molecular complexity index is 989. The summed E-state index contributed by atoms with van der Waals surface area (Å²) in [5.74, 6) is 1.59. The van der Waals surface area contributed by atoms with Crippen molar-refractivity contribution in [3.63, 3.8) is 0 Å². The van der Waals surface area contributed by atoms with Crippen LogP contribution < -0.4 is 14.8 Å². The predicted octanol–water partition coefficient (Wildman–Crippen LogP) is 6.55. The zero-order valence-corrected chi connectivity index (χ0v) is 17.5. The van der Waals surface area contributed by atoms with E-state index in [1.54, 1.807) is 18.2 Å². The molecule has 150 valence electrons. The van der Waals surface area contributed by atoms with Gasteiger partial charge in [-0.2, -0.15) is 0 Å². The molecule has 0 saturated carbocycles. The molecule has 5 heteroatoms. The van der Waals surface area contributed by atoms with E-state index in [2.05, 4.69) is 5.32 Å². The van der Waals surface area contributed by atoms with Crippen molar-refractivity contribution in [2.45, 2.75) is 33.3 Å². The molecule has 1 amide bonds. The highest BCUT2D eigenvalue weighted by Crippen LogP contribution is 2.32. The minimum absolute atomic E-state index is 0.258. The van der Waals surface area contributed by atoms with Crippen molar-refractivity contribution < 1.29 is 14.3 Å². The lowest BCUT2D eigenvalue weighted by Gasteiger charge is -2.19. The maximum atomic E-state index is 12.9. The molecule has 1 atom stereocenters. The lowest BCUT2D eigenvalue weighted by Crippen LogP contribution is -2.32. The molecule has 3 aromatic rings. The standard InChI is InChI=1S/C24H24ClNO3/c1-4-22(29-20-12-10-16(2)17(3)14-20)24(27)26-21-15-18(25)11-13-23(21)28-19-8-6-5-7-9-19/h5-15,22H,4H2,1-3H3,(H,26,27). The van der Waals surface area contributed by atoms with E-state index in [0.717, 1.165) is 5.56 Å². The molecule has 3 rings (SSSR count). The third-order valence-electron chi connectivity index (χ3n) is 4.59. The summed E-state index contributed by atoms with van der Waals surface area (Å²) in [6.07, 6.45) is -0.116. The van der Waals surface area contributed by atoms with Crippen LogP contribution in [0.5, 0.6) is 17.2 Å². The van der Waals surface area contributed by atoms with E-state index in [1.807, 2.05) is 69.3 Å². The van der Waals surface area contributed by atoms with Gasteiger partial charge < -0.3 is 14.8 Å². The van der Waals surface area contributed by atoms with Crippen molar-refractivity contribution in [1.82, 2.24) is 0 Å². The van der Waals surface area contributed by atoms with Gasteiger partial charge in [-0.1, -0.05) is 42.8 Å². The molecule has 0 spiro atoms. The number of rotatable bonds is 7. The third-order valence-corrected chi connectivity index (χ3v) is 4.83. The number of benzene rings is 3. The molecule has 0 aromatic heterocycles. The second kappa shape index (κ2) is 9.48. The molecule has 0 aliphatic heterocycles. The van der Waals surface area contributed by atoms with E-state index >= 15 is 0 Å². The first-order chi connectivity index (χ1) is 14.0. The summed E-state index contributed by atoms with van der Waals surface area (Å²) in [5, 5.41) is 3.40. The van der Waals surface area contributed by atoms with Crippen LogP contribution in [0, 0.1) is 13.8 Å². The van der Waals surface area contributed by atoms with E-state index in [4.69, 9.17) is 21.1 Å². The van der Waals surface area contributed by atoms with Gasteiger partial charge in [-0.05, 0) is 73.9 Å². The number of carbonyl (C=O) groups is 1. The van der Waals surface area contributed by atoms with Gasteiger partial charge >= 0.3 is 0 Å². The first kappa shape index (κ1) is 20.7.